The second-order valence-corrected chi connectivity index (χ2v) is 10.3. The quantitative estimate of drug-likeness (QED) is 0.0872. The molecule has 0 saturated carbocycles. The van der Waals surface area contributed by atoms with Gasteiger partial charge in [-0.2, -0.15) is 26.3 Å². The van der Waals surface area contributed by atoms with E-state index in [0.29, 0.717) is 0 Å². The van der Waals surface area contributed by atoms with Gasteiger partial charge in [0.05, 0.1) is 30.7 Å². The second-order valence-electron chi connectivity index (χ2n) is 9.75. The van der Waals surface area contributed by atoms with Crippen molar-refractivity contribution in [2.45, 2.75) is 32.5 Å². The third kappa shape index (κ3) is 10.2. The van der Waals surface area contributed by atoms with Crippen molar-refractivity contribution in [1.29, 1.82) is 0 Å². The molecule has 0 bridgehead atoms. The van der Waals surface area contributed by atoms with Gasteiger partial charge in [-0.1, -0.05) is 76.6 Å². The molecule has 0 radical (unpaired) electrons. The van der Waals surface area contributed by atoms with Crippen molar-refractivity contribution in [3.8, 4) is 23.0 Å². The fraction of sp³-hybridized carbons (Fsp3) is 0.235. The number of alkyl halides is 7. The van der Waals surface area contributed by atoms with E-state index in [9.17, 15) is 35.9 Å². The number of Topliss-reactive ketones (excluding diaryl/α,β-unsaturated/α-hetero) is 2. The van der Waals surface area contributed by atoms with E-state index in [1.54, 1.807) is 0 Å². The van der Waals surface area contributed by atoms with E-state index in [1.165, 1.54) is 14.2 Å². The van der Waals surface area contributed by atoms with Gasteiger partial charge in [0.15, 0.2) is 34.6 Å². The SMILES string of the molecule is COc1cc(C(F)(F)F)c(C(=O)CBr)cc1OCc1ccccc1.COc1cc(C(F)(F)F)c(C(C)=O)cc1OCc1ccccc1. The molecule has 0 aromatic heterocycles. The standard InChI is InChI=1S/C17H14BrF3O3.C17H15F3O3/c1-23-15-8-13(17(19,20)21)12(14(22)9-18)7-16(15)24-10-11-5-3-2-4-6-11;1-11(21)13-8-16(23-10-12-6-4-3-5-7-12)15(22-2)9-14(13)17(18,19)20/h2-8H,9-10H2,1H3;3-9H,10H2,1-2H3. The number of ketones is 2. The van der Waals surface area contributed by atoms with Crippen LogP contribution in [-0.4, -0.2) is 31.1 Å². The van der Waals surface area contributed by atoms with Crippen molar-refractivity contribution < 1.29 is 54.9 Å². The van der Waals surface area contributed by atoms with E-state index in [0.717, 1.165) is 42.3 Å². The summed E-state index contributed by atoms with van der Waals surface area (Å²) in [6.07, 6.45) is -9.31. The Hall–Kier alpha value is -4.52. The molecule has 0 amide bonds. The summed E-state index contributed by atoms with van der Waals surface area (Å²) in [6.45, 7) is 1.38. The van der Waals surface area contributed by atoms with Crippen LogP contribution in [0.5, 0.6) is 23.0 Å². The minimum Gasteiger partial charge on any atom is -0.493 e. The molecule has 0 heterocycles. The van der Waals surface area contributed by atoms with E-state index < -0.39 is 46.2 Å². The van der Waals surface area contributed by atoms with Gasteiger partial charge in [-0.05, 0) is 42.3 Å². The number of carbonyl (C=O) groups excluding carboxylic acids is 2. The predicted octanol–water partition coefficient (Wildman–Crippen LogP) is 9.37. The summed E-state index contributed by atoms with van der Waals surface area (Å²) in [7, 11) is 2.50. The fourth-order valence-corrected chi connectivity index (χ4v) is 4.50. The summed E-state index contributed by atoms with van der Waals surface area (Å²) < 4.78 is 99.8. The minimum absolute atomic E-state index is 0.0711. The van der Waals surface area contributed by atoms with Gasteiger partial charge in [-0.3, -0.25) is 9.59 Å². The lowest BCUT2D eigenvalue weighted by atomic mass is 10.0. The van der Waals surface area contributed by atoms with Crippen molar-refractivity contribution in [2.75, 3.05) is 19.5 Å². The monoisotopic (exact) mass is 726 g/mol. The first kappa shape index (κ1) is 36.9. The Morgan fingerprint density at radius 1 is 0.617 bits per heavy atom. The van der Waals surface area contributed by atoms with Crippen molar-refractivity contribution >= 4 is 27.5 Å². The molecule has 47 heavy (non-hydrogen) atoms. The zero-order chi connectivity index (χ0) is 34.8. The molecule has 0 aliphatic heterocycles. The van der Waals surface area contributed by atoms with Crippen molar-refractivity contribution in [3.63, 3.8) is 0 Å². The lowest BCUT2D eigenvalue weighted by Gasteiger charge is -2.17. The van der Waals surface area contributed by atoms with Gasteiger partial charge in [0.25, 0.3) is 0 Å². The highest BCUT2D eigenvalue weighted by Crippen LogP contribution is 2.41. The highest BCUT2D eigenvalue weighted by molar-refractivity contribution is 9.09. The molecule has 0 spiro atoms. The number of carbonyl (C=O) groups is 2. The number of halogens is 7. The zero-order valence-corrected chi connectivity index (χ0v) is 26.9. The van der Waals surface area contributed by atoms with Gasteiger partial charge in [-0.25, -0.2) is 0 Å². The Labute approximate surface area is 275 Å². The second kappa shape index (κ2) is 16.3. The van der Waals surface area contributed by atoms with E-state index in [1.807, 2.05) is 60.7 Å². The Morgan fingerprint density at radius 3 is 1.34 bits per heavy atom. The molecule has 250 valence electrons. The Bertz CT molecular complexity index is 1660. The average molecular weight is 727 g/mol. The van der Waals surface area contributed by atoms with Crippen LogP contribution in [0.3, 0.4) is 0 Å². The highest BCUT2D eigenvalue weighted by Gasteiger charge is 2.37. The molecule has 0 atom stereocenters. The van der Waals surface area contributed by atoms with Crippen molar-refractivity contribution in [1.82, 2.24) is 0 Å². The molecule has 13 heteroatoms. The summed E-state index contributed by atoms with van der Waals surface area (Å²) in [4.78, 5) is 23.4. The van der Waals surface area contributed by atoms with Gasteiger partial charge in [0.2, 0.25) is 0 Å². The van der Waals surface area contributed by atoms with Crippen LogP contribution in [0.2, 0.25) is 0 Å². The van der Waals surface area contributed by atoms with Crippen LogP contribution in [0.1, 0.15) is 49.9 Å². The maximum absolute atomic E-state index is 13.2. The van der Waals surface area contributed by atoms with E-state index in [2.05, 4.69) is 15.9 Å². The van der Waals surface area contributed by atoms with Crippen molar-refractivity contribution in [2.24, 2.45) is 0 Å². The Balaban J connectivity index is 0.000000256. The molecule has 0 aliphatic carbocycles. The first-order chi connectivity index (χ1) is 22.2. The van der Waals surface area contributed by atoms with Crippen LogP contribution < -0.4 is 18.9 Å². The number of rotatable bonds is 11. The zero-order valence-electron chi connectivity index (χ0n) is 25.3. The van der Waals surface area contributed by atoms with Gasteiger partial charge in [0, 0.05) is 11.1 Å². The molecular weight excluding hydrogens is 698 g/mol. The molecule has 4 aromatic carbocycles. The van der Waals surface area contributed by atoms with Crippen LogP contribution >= 0.6 is 15.9 Å². The Morgan fingerprint density at radius 2 is 1.00 bits per heavy atom. The molecule has 0 N–H and O–H groups in total. The van der Waals surface area contributed by atoms with Crippen LogP contribution in [0.25, 0.3) is 0 Å². The molecule has 4 rings (SSSR count). The number of hydrogen-bond donors (Lipinski definition) is 0. The molecule has 0 aliphatic rings. The first-order valence-corrected chi connectivity index (χ1v) is 14.8. The maximum Gasteiger partial charge on any atom is 0.417 e. The lowest BCUT2D eigenvalue weighted by Crippen LogP contribution is -2.15. The predicted molar refractivity (Wildman–Crippen MR) is 166 cm³/mol. The first-order valence-electron chi connectivity index (χ1n) is 13.7. The molecule has 0 saturated heterocycles. The summed E-state index contributed by atoms with van der Waals surface area (Å²) >= 11 is 2.90. The summed E-state index contributed by atoms with van der Waals surface area (Å²) in [6, 6.07) is 22.0. The van der Waals surface area contributed by atoms with E-state index >= 15 is 0 Å². The molecular formula is C34H29BrF6O6. The van der Waals surface area contributed by atoms with E-state index in [-0.39, 0.29) is 41.5 Å². The lowest BCUT2D eigenvalue weighted by molar-refractivity contribution is -0.138. The molecule has 6 nitrogen and oxygen atoms in total. The third-order valence-corrected chi connectivity index (χ3v) is 7.00. The summed E-state index contributed by atoms with van der Waals surface area (Å²) in [5.74, 6) is -1.35. The highest BCUT2D eigenvalue weighted by atomic mass is 79.9. The van der Waals surface area contributed by atoms with Gasteiger partial charge >= 0.3 is 12.4 Å². The third-order valence-electron chi connectivity index (χ3n) is 6.49. The molecule has 4 aromatic rings. The van der Waals surface area contributed by atoms with E-state index in [4.69, 9.17) is 18.9 Å². The molecule has 0 unspecified atom stereocenters. The smallest absolute Gasteiger partial charge is 0.417 e. The van der Waals surface area contributed by atoms with Gasteiger partial charge < -0.3 is 18.9 Å². The fourth-order valence-electron chi connectivity index (χ4n) is 4.20. The van der Waals surface area contributed by atoms with Crippen LogP contribution in [0.15, 0.2) is 84.9 Å². The average Bonchev–Trinajstić information content (AvgIpc) is 3.05. The topological polar surface area (TPSA) is 71.1 Å². The number of hydrogen-bond acceptors (Lipinski definition) is 6. The van der Waals surface area contributed by atoms with Gasteiger partial charge in [0.1, 0.15) is 13.2 Å². The largest absolute Gasteiger partial charge is 0.493 e. The Kier molecular flexibility index (Phi) is 12.9. The number of benzene rings is 4. The summed E-state index contributed by atoms with van der Waals surface area (Å²) in [5, 5.41) is -0.222. The maximum atomic E-state index is 13.2. The number of methoxy groups -OCH3 is 2. The van der Waals surface area contributed by atoms with Crippen LogP contribution in [-0.2, 0) is 25.6 Å². The van der Waals surface area contributed by atoms with Crippen molar-refractivity contribution in [3.05, 3.63) is 118 Å². The molecule has 0 fully saturated rings. The minimum atomic E-state index is -4.67. The van der Waals surface area contributed by atoms with Crippen LogP contribution in [0.4, 0.5) is 26.3 Å². The van der Waals surface area contributed by atoms with Gasteiger partial charge in [-0.15, -0.1) is 0 Å². The van der Waals surface area contributed by atoms with Crippen LogP contribution in [0, 0.1) is 0 Å². The normalized spacial score (nSPS) is 11.2. The summed E-state index contributed by atoms with van der Waals surface area (Å²) in [5.41, 5.74) is -1.29. The number of ether oxygens (including phenoxy) is 4.